The SMILES string of the molecule is Cc1cccc(N2C(=O)/C(=N\NC3(C(=O)O)C=CC=C(c4ccccc4O)C3)c3ccccc32)c1. The summed E-state index contributed by atoms with van der Waals surface area (Å²) >= 11 is 0. The molecule has 7 nitrogen and oxygen atoms in total. The van der Waals surface area contributed by atoms with E-state index in [-0.39, 0.29) is 23.8 Å². The van der Waals surface area contributed by atoms with E-state index >= 15 is 0 Å². The maximum absolute atomic E-state index is 13.5. The lowest BCUT2D eigenvalue weighted by Gasteiger charge is -2.29. The zero-order chi connectivity index (χ0) is 24.6. The second-order valence-electron chi connectivity index (χ2n) is 8.59. The second kappa shape index (κ2) is 8.61. The fourth-order valence-corrected chi connectivity index (χ4v) is 4.43. The molecule has 1 heterocycles. The normalized spacial score (nSPS) is 20.0. The van der Waals surface area contributed by atoms with Gasteiger partial charge in [0.05, 0.1) is 5.69 Å². The molecule has 3 aromatic carbocycles. The summed E-state index contributed by atoms with van der Waals surface area (Å²) in [5, 5.41) is 24.8. The number of carbonyl (C=O) groups is 2. The van der Waals surface area contributed by atoms with Crippen molar-refractivity contribution in [2.45, 2.75) is 18.9 Å². The van der Waals surface area contributed by atoms with Crippen molar-refractivity contribution in [2.24, 2.45) is 5.10 Å². The van der Waals surface area contributed by atoms with Crippen molar-refractivity contribution in [1.29, 1.82) is 0 Å². The van der Waals surface area contributed by atoms with Crippen LogP contribution in [0.4, 0.5) is 11.4 Å². The lowest BCUT2D eigenvalue weighted by atomic mass is 9.84. The molecular formula is C28H23N3O4. The molecule has 2 aliphatic rings. The highest BCUT2D eigenvalue weighted by atomic mass is 16.4. The number of anilines is 2. The number of aryl methyl sites for hydroxylation is 1. The Morgan fingerprint density at radius 1 is 1.03 bits per heavy atom. The third-order valence-electron chi connectivity index (χ3n) is 6.21. The van der Waals surface area contributed by atoms with Crippen LogP contribution in [0.3, 0.4) is 0 Å². The van der Waals surface area contributed by atoms with Crippen molar-refractivity contribution in [1.82, 2.24) is 5.43 Å². The highest BCUT2D eigenvalue weighted by Gasteiger charge is 2.41. The Bertz CT molecular complexity index is 1440. The van der Waals surface area contributed by atoms with Crippen LogP contribution in [0.25, 0.3) is 5.57 Å². The molecule has 0 bridgehead atoms. The van der Waals surface area contributed by atoms with E-state index < -0.39 is 11.5 Å². The van der Waals surface area contributed by atoms with Crippen LogP contribution < -0.4 is 10.3 Å². The standard InChI is InChI=1S/C28H23N3O4/c1-18-8-6-10-20(16-18)31-23-13-4-2-12-22(23)25(26(31)33)29-30-28(27(34)35)15-7-9-19(17-28)21-11-3-5-14-24(21)32/h2-16,30,32H,17H2,1H3,(H,34,35)/b29-25-. The quantitative estimate of drug-likeness (QED) is 0.480. The number of benzene rings is 3. The van der Waals surface area contributed by atoms with E-state index in [9.17, 15) is 19.8 Å². The van der Waals surface area contributed by atoms with E-state index in [2.05, 4.69) is 10.5 Å². The third kappa shape index (κ3) is 3.87. The number of fused-ring (bicyclic) bond motifs is 1. The summed E-state index contributed by atoms with van der Waals surface area (Å²) in [6.07, 6.45) is 4.92. The maximum Gasteiger partial charge on any atom is 0.335 e. The fourth-order valence-electron chi connectivity index (χ4n) is 4.43. The number of phenolic OH excluding ortho intramolecular Hbond substituents is 1. The molecule has 5 rings (SSSR count). The van der Waals surface area contributed by atoms with Gasteiger partial charge < -0.3 is 10.2 Å². The molecule has 1 amide bonds. The summed E-state index contributed by atoms with van der Waals surface area (Å²) in [4.78, 5) is 27.5. The number of nitrogens with one attached hydrogen (secondary N) is 1. The molecule has 0 saturated carbocycles. The number of carbonyl (C=O) groups excluding carboxylic acids is 1. The van der Waals surface area contributed by atoms with E-state index in [0.29, 0.717) is 28.1 Å². The number of aromatic hydroxyl groups is 1. The number of amides is 1. The van der Waals surface area contributed by atoms with Gasteiger partial charge in [-0.3, -0.25) is 15.1 Å². The highest BCUT2D eigenvalue weighted by Crippen LogP contribution is 2.37. The molecule has 0 radical (unpaired) electrons. The van der Waals surface area contributed by atoms with Gasteiger partial charge in [-0.15, -0.1) is 0 Å². The number of aliphatic carboxylic acids is 1. The molecular weight excluding hydrogens is 442 g/mol. The van der Waals surface area contributed by atoms with Crippen LogP contribution >= 0.6 is 0 Å². The van der Waals surface area contributed by atoms with Gasteiger partial charge in [0.2, 0.25) is 0 Å². The predicted octanol–water partition coefficient (Wildman–Crippen LogP) is 4.54. The number of rotatable bonds is 5. The summed E-state index contributed by atoms with van der Waals surface area (Å²) in [7, 11) is 0. The Kier molecular flexibility index (Phi) is 5.45. The minimum Gasteiger partial charge on any atom is -0.507 e. The van der Waals surface area contributed by atoms with Crippen molar-refractivity contribution in [3.05, 3.63) is 108 Å². The monoisotopic (exact) mass is 465 g/mol. The number of nitrogens with zero attached hydrogens (tertiary/aromatic N) is 2. The van der Waals surface area contributed by atoms with Crippen LogP contribution in [-0.4, -0.2) is 33.3 Å². The molecule has 1 aliphatic heterocycles. The molecule has 1 aliphatic carbocycles. The zero-order valence-electron chi connectivity index (χ0n) is 19.0. The minimum atomic E-state index is -1.59. The predicted molar refractivity (Wildman–Crippen MR) is 135 cm³/mol. The van der Waals surface area contributed by atoms with Gasteiger partial charge >= 0.3 is 5.97 Å². The van der Waals surface area contributed by atoms with E-state index in [1.54, 1.807) is 47.4 Å². The molecule has 0 spiro atoms. The number of phenols is 1. The minimum absolute atomic E-state index is 0.0324. The molecule has 1 atom stereocenters. The van der Waals surface area contributed by atoms with Gasteiger partial charge in [0.15, 0.2) is 11.3 Å². The average molecular weight is 466 g/mol. The smallest absolute Gasteiger partial charge is 0.335 e. The summed E-state index contributed by atoms with van der Waals surface area (Å²) in [5.74, 6) is -1.43. The summed E-state index contributed by atoms with van der Waals surface area (Å²) in [5.41, 5.74) is 5.53. The van der Waals surface area contributed by atoms with Crippen molar-refractivity contribution < 1.29 is 19.8 Å². The topological polar surface area (TPSA) is 102 Å². The first-order chi connectivity index (χ1) is 16.9. The number of hydrogen-bond donors (Lipinski definition) is 3. The van der Waals surface area contributed by atoms with Crippen LogP contribution in [-0.2, 0) is 9.59 Å². The molecule has 1 unspecified atom stereocenters. The van der Waals surface area contributed by atoms with Crippen LogP contribution in [0.1, 0.15) is 23.1 Å². The van der Waals surface area contributed by atoms with Gasteiger partial charge in [-0.25, -0.2) is 4.79 Å². The Hall–Kier alpha value is -4.65. The van der Waals surface area contributed by atoms with Crippen LogP contribution in [0.2, 0.25) is 0 Å². The van der Waals surface area contributed by atoms with E-state index in [0.717, 1.165) is 5.56 Å². The van der Waals surface area contributed by atoms with Crippen molar-refractivity contribution in [2.75, 3.05) is 4.90 Å². The first-order valence-electron chi connectivity index (χ1n) is 11.2. The number of allylic oxidation sites excluding steroid dienone is 2. The van der Waals surface area contributed by atoms with Crippen molar-refractivity contribution in [3.8, 4) is 5.75 Å². The summed E-state index contributed by atoms with van der Waals surface area (Å²) in [6.45, 7) is 1.95. The largest absolute Gasteiger partial charge is 0.507 e. The maximum atomic E-state index is 13.5. The van der Waals surface area contributed by atoms with Gasteiger partial charge in [-0.1, -0.05) is 60.7 Å². The van der Waals surface area contributed by atoms with E-state index in [1.807, 2.05) is 49.4 Å². The molecule has 0 fully saturated rings. The number of hydrazone groups is 1. The van der Waals surface area contributed by atoms with Gasteiger partial charge in [-0.05, 0) is 48.4 Å². The third-order valence-corrected chi connectivity index (χ3v) is 6.21. The van der Waals surface area contributed by atoms with Gasteiger partial charge in [0.1, 0.15) is 5.75 Å². The number of para-hydroxylation sites is 2. The molecule has 3 N–H and O–H groups in total. The van der Waals surface area contributed by atoms with Gasteiger partial charge in [-0.2, -0.15) is 5.10 Å². The number of hydrogen-bond acceptors (Lipinski definition) is 5. The lowest BCUT2D eigenvalue weighted by molar-refractivity contribution is -0.142. The highest BCUT2D eigenvalue weighted by molar-refractivity contribution is 6.55. The molecule has 0 saturated heterocycles. The van der Waals surface area contributed by atoms with E-state index in [1.165, 1.54) is 6.08 Å². The second-order valence-corrected chi connectivity index (χ2v) is 8.59. The molecule has 0 aromatic heterocycles. The fraction of sp³-hybridized carbons (Fsp3) is 0.107. The van der Waals surface area contributed by atoms with Crippen LogP contribution in [0.5, 0.6) is 5.75 Å². The van der Waals surface area contributed by atoms with E-state index in [4.69, 9.17) is 0 Å². The Labute approximate surface area is 202 Å². The van der Waals surface area contributed by atoms with Crippen LogP contribution in [0.15, 0.2) is 96.1 Å². The van der Waals surface area contributed by atoms with Crippen molar-refractivity contribution in [3.63, 3.8) is 0 Å². The Balaban J connectivity index is 1.51. The molecule has 7 heteroatoms. The summed E-state index contributed by atoms with van der Waals surface area (Å²) < 4.78 is 0. The number of carboxylic acid groups (broad SMARTS) is 1. The average Bonchev–Trinajstić information content (AvgIpc) is 3.14. The number of carboxylic acids is 1. The Morgan fingerprint density at radius 3 is 2.51 bits per heavy atom. The van der Waals surface area contributed by atoms with Gasteiger partial charge in [0, 0.05) is 23.2 Å². The van der Waals surface area contributed by atoms with Gasteiger partial charge in [0.25, 0.3) is 5.91 Å². The Morgan fingerprint density at radius 2 is 1.77 bits per heavy atom. The molecule has 3 aromatic rings. The zero-order valence-corrected chi connectivity index (χ0v) is 19.0. The summed E-state index contributed by atoms with van der Waals surface area (Å²) in [6, 6.07) is 21.7. The first kappa shape index (κ1) is 22.2. The molecule has 174 valence electrons. The lowest BCUT2D eigenvalue weighted by Crippen LogP contribution is -2.49. The van der Waals surface area contributed by atoms with Crippen molar-refractivity contribution >= 4 is 34.5 Å². The van der Waals surface area contributed by atoms with Crippen LogP contribution in [0, 0.1) is 6.92 Å². The first-order valence-corrected chi connectivity index (χ1v) is 11.2. The molecule has 35 heavy (non-hydrogen) atoms.